The number of amides is 1. The fraction of sp³-hybridized carbons (Fsp3) is 0.278. The summed E-state index contributed by atoms with van der Waals surface area (Å²) in [6, 6.07) is 10.2. The topological polar surface area (TPSA) is 66.9 Å². The highest BCUT2D eigenvalue weighted by Gasteiger charge is 2.27. The molecule has 0 fully saturated rings. The molecule has 2 aromatic carbocycles. The first-order valence-electron chi connectivity index (χ1n) is 8.03. The lowest BCUT2D eigenvalue weighted by Crippen LogP contribution is -2.33. The standard InChI is InChI=1S/C18H19FN2O4S/c1-20(2)26(23,24)16-7-8-17-13(11-16)9-10-21(17)18(22)12-25-15-5-3-14(19)4-6-15/h3-8,11H,9-10,12H2,1-2H3. The molecule has 1 aliphatic rings. The van der Waals surface area contributed by atoms with Gasteiger partial charge in [-0.3, -0.25) is 4.79 Å². The van der Waals surface area contributed by atoms with Gasteiger partial charge < -0.3 is 9.64 Å². The van der Waals surface area contributed by atoms with Crippen LogP contribution in [0.2, 0.25) is 0 Å². The Morgan fingerprint density at radius 1 is 1.19 bits per heavy atom. The molecule has 3 rings (SSSR count). The summed E-state index contributed by atoms with van der Waals surface area (Å²) >= 11 is 0. The Morgan fingerprint density at radius 2 is 1.88 bits per heavy atom. The van der Waals surface area contributed by atoms with E-state index in [1.165, 1.54) is 44.4 Å². The van der Waals surface area contributed by atoms with Gasteiger partial charge >= 0.3 is 0 Å². The summed E-state index contributed by atoms with van der Waals surface area (Å²) < 4.78 is 43.9. The van der Waals surface area contributed by atoms with Gasteiger partial charge in [0.2, 0.25) is 10.0 Å². The van der Waals surface area contributed by atoms with E-state index in [1.807, 2.05) is 0 Å². The summed E-state index contributed by atoms with van der Waals surface area (Å²) in [5.41, 5.74) is 1.50. The van der Waals surface area contributed by atoms with E-state index in [0.29, 0.717) is 24.4 Å². The van der Waals surface area contributed by atoms with Gasteiger partial charge in [0.25, 0.3) is 5.91 Å². The van der Waals surface area contributed by atoms with Crippen LogP contribution in [0.1, 0.15) is 5.56 Å². The number of benzene rings is 2. The highest BCUT2D eigenvalue weighted by Crippen LogP contribution is 2.31. The zero-order valence-electron chi connectivity index (χ0n) is 14.5. The van der Waals surface area contributed by atoms with Crippen LogP contribution in [0.3, 0.4) is 0 Å². The van der Waals surface area contributed by atoms with Gasteiger partial charge in [-0.2, -0.15) is 0 Å². The van der Waals surface area contributed by atoms with Crippen molar-refractivity contribution in [3.05, 3.63) is 53.8 Å². The van der Waals surface area contributed by atoms with E-state index < -0.39 is 10.0 Å². The molecule has 6 nitrogen and oxygen atoms in total. The molecule has 0 unspecified atom stereocenters. The SMILES string of the molecule is CN(C)S(=O)(=O)c1ccc2c(c1)CCN2C(=O)COc1ccc(F)cc1. The van der Waals surface area contributed by atoms with Crippen LogP contribution >= 0.6 is 0 Å². The van der Waals surface area contributed by atoms with Gasteiger partial charge in [0, 0.05) is 26.3 Å². The third-order valence-electron chi connectivity index (χ3n) is 4.20. The Balaban J connectivity index is 1.73. The minimum atomic E-state index is -3.51. The van der Waals surface area contributed by atoms with Crippen molar-refractivity contribution < 1.29 is 22.3 Å². The molecule has 138 valence electrons. The average Bonchev–Trinajstić information content (AvgIpc) is 3.04. The molecule has 26 heavy (non-hydrogen) atoms. The van der Waals surface area contributed by atoms with Gasteiger partial charge in [0.05, 0.1) is 4.90 Å². The van der Waals surface area contributed by atoms with Crippen molar-refractivity contribution in [3.8, 4) is 5.75 Å². The van der Waals surface area contributed by atoms with Crippen LogP contribution in [-0.4, -0.2) is 45.9 Å². The average molecular weight is 378 g/mol. The third-order valence-corrected chi connectivity index (χ3v) is 6.01. The van der Waals surface area contributed by atoms with E-state index in [9.17, 15) is 17.6 Å². The maximum absolute atomic E-state index is 12.9. The zero-order valence-corrected chi connectivity index (χ0v) is 15.3. The molecule has 1 aliphatic heterocycles. The fourth-order valence-electron chi connectivity index (χ4n) is 2.76. The molecule has 0 saturated carbocycles. The van der Waals surface area contributed by atoms with Crippen molar-refractivity contribution in [2.75, 3.05) is 32.1 Å². The number of carbonyl (C=O) groups excluding carboxylic acids is 1. The molecule has 0 saturated heterocycles. The van der Waals surface area contributed by atoms with Crippen LogP contribution in [0.15, 0.2) is 47.4 Å². The summed E-state index contributed by atoms with van der Waals surface area (Å²) in [5, 5.41) is 0. The molecule has 1 amide bonds. The van der Waals surface area contributed by atoms with Gasteiger partial charge in [-0.1, -0.05) is 0 Å². The Morgan fingerprint density at radius 3 is 2.54 bits per heavy atom. The van der Waals surface area contributed by atoms with Gasteiger partial charge in [-0.25, -0.2) is 17.1 Å². The predicted molar refractivity (Wildman–Crippen MR) is 95.3 cm³/mol. The molecule has 0 spiro atoms. The van der Waals surface area contributed by atoms with Crippen molar-refractivity contribution in [1.29, 1.82) is 0 Å². The number of fused-ring (bicyclic) bond motifs is 1. The van der Waals surface area contributed by atoms with Crippen LogP contribution in [0.25, 0.3) is 0 Å². The first kappa shape index (κ1) is 18.3. The smallest absolute Gasteiger partial charge is 0.264 e. The van der Waals surface area contributed by atoms with Crippen molar-refractivity contribution in [1.82, 2.24) is 4.31 Å². The first-order valence-corrected chi connectivity index (χ1v) is 9.47. The number of hydrogen-bond donors (Lipinski definition) is 0. The van der Waals surface area contributed by atoms with Gasteiger partial charge in [-0.15, -0.1) is 0 Å². The van der Waals surface area contributed by atoms with E-state index in [-0.39, 0.29) is 23.2 Å². The van der Waals surface area contributed by atoms with E-state index >= 15 is 0 Å². The molecule has 0 radical (unpaired) electrons. The zero-order chi connectivity index (χ0) is 18.9. The normalized spacial score (nSPS) is 13.8. The second-order valence-electron chi connectivity index (χ2n) is 6.12. The van der Waals surface area contributed by atoms with Crippen LogP contribution in [0.4, 0.5) is 10.1 Å². The maximum Gasteiger partial charge on any atom is 0.264 e. The van der Waals surface area contributed by atoms with Crippen LogP contribution in [0.5, 0.6) is 5.75 Å². The third kappa shape index (κ3) is 3.56. The highest BCUT2D eigenvalue weighted by atomic mass is 32.2. The summed E-state index contributed by atoms with van der Waals surface area (Å²) in [4.78, 5) is 14.2. The number of nitrogens with zero attached hydrogens (tertiary/aromatic N) is 2. The molecule has 8 heteroatoms. The quantitative estimate of drug-likeness (QED) is 0.799. The largest absolute Gasteiger partial charge is 0.484 e. The molecular formula is C18H19FN2O4S. The number of carbonyl (C=O) groups is 1. The lowest BCUT2D eigenvalue weighted by Gasteiger charge is -2.18. The van der Waals surface area contributed by atoms with Crippen molar-refractivity contribution in [2.45, 2.75) is 11.3 Å². The van der Waals surface area contributed by atoms with E-state index in [2.05, 4.69) is 0 Å². The maximum atomic E-state index is 12.9. The van der Waals surface area contributed by atoms with Gasteiger partial charge in [0.1, 0.15) is 11.6 Å². The summed E-state index contributed by atoms with van der Waals surface area (Å²) in [5.74, 6) is -0.205. The molecular weight excluding hydrogens is 359 g/mol. The lowest BCUT2D eigenvalue weighted by atomic mass is 10.2. The summed E-state index contributed by atoms with van der Waals surface area (Å²) in [7, 11) is -0.557. The second-order valence-corrected chi connectivity index (χ2v) is 8.27. The summed E-state index contributed by atoms with van der Waals surface area (Å²) in [6.07, 6.45) is 0.578. The van der Waals surface area contributed by atoms with E-state index in [0.717, 1.165) is 9.87 Å². The Kier molecular flexibility index (Phi) is 4.97. The Bertz CT molecular complexity index is 927. The monoisotopic (exact) mass is 378 g/mol. The predicted octanol–water partition coefficient (Wildman–Crippen LogP) is 2.04. The molecule has 0 N–H and O–H groups in total. The van der Waals surface area contributed by atoms with Crippen molar-refractivity contribution >= 4 is 21.6 Å². The number of sulfonamides is 1. The molecule has 0 bridgehead atoms. The number of ether oxygens (including phenoxy) is 1. The first-order chi connectivity index (χ1) is 12.3. The highest BCUT2D eigenvalue weighted by molar-refractivity contribution is 7.89. The van der Waals surface area contributed by atoms with Crippen LogP contribution < -0.4 is 9.64 Å². The van der Waals surface area contributed by atoms with Crippen LogP contribution in [0, 0.1) is 5.82 Å². The number of anilines is 1. The van der Waals surface area contributed by atoms with Crippen molar-refractivity contribution in [3.63, 3.8) is 0 Å². The van der Waals surface area contributed by atoms with Gasteiger partial charge in [-0.05, 0) is 54.4 Å². The molecule has 2 aromatic rings. The summed E-state index contributed by atoms with van der Waals surface area (Å²) in [6.45, 7) is 0.287. The molecule has 0 atom stereocenters. The van der Waals surface area contributed by atoms with E-state index in [4.69, 9.17) is 4.74 Å². The number of rotatable bonds is 5. The fourth-order valence-corrected chi connectivity index (χ4v) is 3.72. The Hall–Kier alpha value is -2.45. The minimum Gasteiger partial charge on any atom is -0.484 e. The van der Waals surface area contributed by atoms with Crippen molar-refractivity contribution in [2.24, 2.45) is 0 Å². The lowest BCUT2D eigenvalue weighted by molar-refractivity contribution is -0.120. The molecule has 0 aromatic heterocycles. The van der Waals surface area contributed by atoms with E-state index in [1.54, 1.807) is 17.0 Å². The number of halogens is 1. The molecule has 0 aliphatic carbocycles. The number of hydrogen-bond acceptors (Lipinski definition) is 4. The van der Waals surface area contributed by atoms with Gasteiger partial charge in [0.15, 0.2) is 6.61 Å². The molecule has 1 heterocycles. The van der Waals surface area contributed by atoms with Crippen LogP contribution in [-0.2, 0) is 21.2 Å². The Labute approximate surface area is 151 Å². The minimum absolute atomic E-state index is 0.178. The second kappa shape index (κ2) is 7.05.